The molecule has 0 aliphatic rings. The summed E-state index contributed by atoms with van der Waals surface area (Å²) in [5, 5.41) is 8.76. The molecule has 104 valence electrons. The van der Waals surface area contributed by atoms with Gasteiger partial charge in [-0.15, -0.1) is 5.11 Å². The smallest absolute Gasteiger partial charge is 0.109 e. The van der Waals surface area contributed by atoms with Gasteiger partial charge < -0.3 is 4.90 Å². The third kappa shape index (κ3) is 3.44. The number of benzene rings is 2. The van der Waals surface area contributed by atoms with Crippen LogP contribution in [0.3, 0.4) is 0 Å². The maximum Gasteiger partial charge on any atom is 0.109 e. The lowest BCUT2D eigenvalue weighted by atomic mass is 10.2. The van der Waals surface area contributed by atoms with Crippen molar-refractivity contribution < 1.29 is 0 Å². The minimum Gasteiger partial charge on any atom is -0.370 e. The Morgan fingerprint density at radius 3 is 2.35 bits per heavy atom. The van der Waals surface area contributed by atoms with Gasteiger partial charge in [-0.2, -0.15) is 5.11 Å². The van der Waals surface area contributed by atoms with Crippen molar-refractivity contribution in [3.8, 4) is 0 Å². The fraction of sp³-hybridized carbons (Fsp3) is 0.294. The number of azo groups is 1. The van der Waals surface area contributed by atoms with Gasteiger partial charge in [0, 0.05) is 13.1 Å². The van der Waals surface area contributed by atoms with E-state index in [0.29, 0.717) is 0 Å². The van der Waals surface area contributed by atoms with Crippen LogP contribution < -0.4 is 4.90 Å². The van der Waals surface area contributed by atoms with Crippen LogP contribution in [0.4, 0.5) is 17.1 Å². The van der Waals surface area contributed by atoms with Gasteiger partial charge in [-0.25, -0.2) is 0 Å². The Hall–Kier alpha value is -2.16. The summed E-state index contributed by atoms with van der Waals surface area (Å²) in [7, 11) is 0. The zero-order chi connectivity index (χ0) is 14.4. The van der Waals surface area contributed by atoms with E-state index >= 15 is 0 Å². The summed E-state index contributed by atoms with van der Waals surface area (Å²) in [6.07, 6.45) is 0. The predicted molar refractivity (Wildman–Crippen MR) is 85.4 cm³/mol. The highest BCUT2D eigenvalue weighted by molar-refractivity contribution is 5.66. The van der Waals surface area contributed by atoms with Crippen LogP contribution in [0.5, 0.6) is 0 Å². The molecule has 0 radical (unpaired) electrons. The van der Waals surface area contributed by atoms with E-state index in [-0.39, 0.29) is 0 Å². The molecule has 3 heteroatoms. The normalized spacial score (nSPS) is 10.9. The van der Waals surface area contributed by atoms with E-state index in [0.717, 1.165) is 30.2 Å². The zero-order valence-electron chi connectivity index (χ0n) is 12.4. The van der Waals surface area contributed by atoms with Crippen molar-refractivity contribution in [2.75, 3.05) is 18.0 Å². The molecule has 0 heterocycles. The first-order valence-electron chi connectivity index (χ1n) is 7.07. The minimum atomic E-state index is 0.888. The second-order valence-electron chi connectivity index (χ2n) is 4.70. The molecule has 0 unspecified atom stereocenters. The third-order valence-corrected chi connectivity index (χ3v) is 3.26. The quantitative estimate of drug-likeness (QED) is 0.679. The molecule has 2 rings (SSSR count). The largest absolute Gasteiger partial charge is 0.370 e. The van der Waals surface area contributed by atoms with E-state index in [1.165, 1.54) is 5.56 Å². The number of nitrogens with zero attached hydrogens (tertiary/aromatic N) is 3. The van der Waals surface area contributed by atoms with E-state index in [1.54, 1.807) is 0 Å². The molecular weight excluding hydrogens is 246 g/mol. The van der Waals surface area contributed by atoms with Crippen LogP contribution in [0.25, 0.3) is 0 Å². The topological polar surface area (TPSA) is 28.0 Å². The molecule has 0 N–H and O–H groups in total. The number of hydrogen-bond donors (Lipinski definition) is 0. The van der Waals surface area contributed by atoms with Gasteiger partial charge in [0.1, 0.15) is 5.69 Å². The van der Waals surface area contributed by atoms with E-state index in [9.17, 15) is 0 Å². The number of para-hydroxylation sites is 1. The summed E-state index contributed by atoms with van der Waals surface area (Å²) in [5.74, 6) is 0. The Morgan fingerprint density at radius 1 is 0.900 bits per heavy atom. The highest BCUT2D eigenvalue weighted by atomic mass is 15.2. The number of anilines is 1. The molecule has 3 nitrogen and oxygen atoms in total. The second-order valence-corrected chi connectivity index (χ2v) is 4.70. The van der Waals surface area contributed by atoms with Crippen LogP contribution >= 0.6 is 0 Å². The molecule has 0 aliphatic heterocycles. The molecule has 0 aromatic heterocycles. The van der Waals surface area contributed by atoms with Gasteiger partial charge in [0.25, 0.3) is 0 Å². The lowest BCUT2D eigenvalue weighted by molar-refractivity contribution is 0.865. The molecule has 20 heavy (non-hydrogen) atoms. The van der Waals surface area contributed by atoms with Crippen molar-refractivity contribution in [3.05, 3.63) is 54.1 Å². The van der Waals surface area contributed by atoms with Crippen LogP contribution in [0.1, 0.15) is 19.4 Å². The van der Waals surface area contributed by atoms with E-state index in [4.69, 9.17) is 0 Å². The molecular formula is C17H21N3. The third-order valence-electron chi connectivity index (χ3n) is 3.26. The van der Waals surface area contributed by atoms with Crippen molar-refractivity contribution >= 4 is 17.1 Å². The molecule has 0 atom stereocenters. The van der Waals surface area contributed by atoms with Crippen LogP contribution in [0.2, 0.25) is 0 Å². The van der Waals surface area contributed by atoms with E-state index in [2.05, 4.69) is 48.0 Å². The number of aryl methyl sites for hydroxylation is 1. The van der Waals surface area contributed by atoms with Crippen molar-refractivity contribution in [2.24, 2.45) is 10.2 Å². The number of rotatable bonds is 5. The Kier molecular flexibility index (Phi) is 4.88. The lowest BCUT2D eigenvalue weighted by Gasteiger charge is -2.22. The number of hydrogen-bond acceptors (Lipinski definition) is 3. The van der Waals surface area contributed by atoms with E-state index < -0.39 is 0 Å². The predicted octanol–water partition coefficient (Wildman–Crippen LogP) is 5.26. The molecule has 2 aromatic rings. The summed E-state index contributed by atoms with van der Waals surface area (Å²) in [5.41, 5.74) is 4.13. The van der Waals surface area contributed by atoms with Gasteiger partial charge >= 0.3 is 0 Å². The Bertz CT molecular complexity index is 586. The van der Waals surface area contributed by atoms with Gasteiger partial charge in [-0.05, 0) is 50.6 Å². The first-order valence-corrected chi connectivity index (χ1v) is 7.07. The first kappa shape index (κ1) is 14.3. The van der Waals surface area contributed by atoms with Gasteiger partial charge in [0.05, 0.1) is 11.4 Å². The molecule has 2 aromatic carbocycles. The van der Waals surface area contributed by atoms with Gasteiger partial charge in [-0.3, -0.25) is 0 Å². The summed E-state index contributed by atoms with van der Waals surface area (Å²) in [6, 6.07) is 16.2. The molecule has 0 saturated heterocycles. The van der Waals surface area contributed by atoms with Gasteiger partial charge in [0.2, 0.25) is 0 Å². The van der Waals surface area contributed by atoms with Crippen molar-refractivity contribution in [2.45, 2.75) is 20.8 Å². The second kappa shape index (κ2) is 6.85. The fourth-order valence-electron chi connectivity index (χ4n) is 2.18. The maximum atomic E-state index is 4.42. The van der Waals surface area contributed by atoms with E-state index in [1.807, 2.05) is 36.4 Å². The monoisotopic (exact) mass is 267 g/mol. The van der Waals surface area contributed by atoms with Gasteiger partial charge in [-0.1, -0.05) is 24.3 Å². The van der Waals surface area contributed by atoms with Crippen LogP contribution in [-0.4, -0.2) is 13.1 Å². The van der Waals surface area contributed by atoms with Crippen molar-refractivity contribution in [1.29, 1.82) is 0 Å². The van der Waals surface area contributed by atoms with Crippen molar-refractivity contribution in [1.82, 2.24) is 0 Å². The van der Waals surface area contributed by atoms with Crippen LogP contribution in [0, 0.1) is 6.92 Å². The summed E-state index contributed by atoms with van der Waals surface area (Å²) < 4.78 is 0. The van der Waals surface area contributed by atoms with Crippen LogP contribution in [-0.2, 0) is 0 Å². The molecule has 0 bridgehead atoms. The standard InChI is InChI=1S/C17H21N3/c1-4-20(5-2)17-12-7-6-11-16(17)19-18-15-10-8-9-14(3)13-15/h6-13H,4-5H2,1-3H3. The highest BCUT2D eigenvalue weighted by Gasteiger charge is 2.06. The molecule has 0 aliphatic carbocycles. The Labute approximate surface area is 121 Å². The maximum absolute atomic E-state index is 4.42. The van der Waals surface area contributed by atoms with Gasteiger partial charge in [0.15, 0.2) is 0 Å². The average Bonchev–Trinajstić information content (AvgIpc) is 2.48. The molecule has 0 spiro atoms. The van der Waals surface area contributed by atoms with Crippen molar-refractivity contribution in [3.63, 3.8) is 0 Å². The SMILES string of the molecule is CCN(CC)c1ccccc1N=Nc1cccc(C)c1. The average molecular weight is 267 g/mol. The summed E-state index contributed by atoms with van der Waals surface area (Å²) in [4.78, 5) is 2.28. The summed E-state index contributed by atoms with van der Waals surface area (Å²) in [6.45, 7) is 8.29. The Morgan fingerprint density at radius 2 is 1.65 bits per heavy atom. The molecule has 0 fully saturated rings. The molecule has 0 saturated carbocycles. The summed E-state index contributed by atoms with van der Waals surface area (Å²) >= 11 is 0. The zero-order valence-corrected chi connectivity index (χ0v) is 12.4. The lowest BCUT2D eigenvalue weighted by Crippen LogP contribution is -2.21. The van der Waals surface area contributed by atoms with Crippen LogP contribution in [0.15, 0.2) is 58.8 Å². The highest BCUT2D eigenvalue weighted by Crippen LogP contribution is 2.29. The fourth-order valence-corrected chi connectivity index (χ4v) is 2.18. The first-order chi connectivity index (χ1) is 9.74. The minimum absolute atomic E-state index is 0.888. The molecule has 0 amide bonds. The Balaban J connectivity index is 2.29.